The lowest BCUT2D eigenvalue weighted by Gasteiger charge is -2.09. The number of hydrogen-bond donors (Lipinski definition) is 1. The van der Waals surface area contributed by atoms with Crippen molar-refractivity contribution in [1.29, 1.82) is 0 Å². The van der Waals surface area contributed by atoms with Gasteiger partial charge < -0.3 is 5.73 Å². The van der Waals surface area contributed by atoms with Crippen molar-refractivity contribution in [3.05, 3.63) is 16.4 Å². The van der Waals surface area contributed by atoms with Crippen LogP contribution in [-0.4, -0.2) is 15.3 Å². The number of alkyl halides is 3. The van der Waals surface area contributed by atoms with Crippen LogP contribution in [-0.2, 0) is 12.7 Å². The van der Waals surface area contributed by atoms with E-state index >= 15 is 0 Å². The van der Waals surface area contributed by atoms with E-state index in [1.807, 2.05) is 0 Å². The van der Waals surface area contributed by atoms with Gasteiger partial charge in [-0.3, -0.25) is 4.68 Å². The number of rotatable bonds is 2. The number of aromatic nitrogens is 2. The van der Waals surface area contributed by atoms with Crippen LogP contribution >= 0.6 is 28.3 Å². The zero-order chi connectivity index (χ0) is 11.3. The van der Waals surface area contributed by atoms with Crippen LogP contribution in [0.5, 0.6) is 0 Å². The van der Waals surface area contributed by atoms with Gasteiger partial charge in [0.1, 0.15) is 4.60 Å². The van der Waals surface area contributed by atoms with E-state index in [2.05, 4.69) is 21.0 Å². The fourth-order valence-corrected chi connectivity index (χ4v) is 1.68. The summed E-state index contributed by atoms with van der Waals surface area (Å²) in [4.78, 5) is 0. The van der Waals surface area contributed by atoms with Gasteiger partial charge in [0, 0.05) is 11.6 Å². The van der Waals surface area contributed by atoms with Crippen LogP contribution in [0.25, 0.3) is 0 Å². The molecule has 16 heavy (non-hydrogen) atoms. The van der Waals surface area contributed by atoms with E-state index in [-0.39, 0.29) is 17.9 Å². The second kappa shape index (κ2) is 4.19. The van der Waals surface area contributed by atoms with Crippen LogP contribution < -0.4 is 5.73 Å². The predicted octanol–water partition coefficient (Wildman–Crippen LogP) is 2.58. The summed E-state index contributed by atoms with van der Waals surface area (Å²) in [5.74, 6) is 0. The third kappa shape index (κ3) is 2.89. The van der Waals surface area contributed by atoms with Crippen LogP contribution in [0, 0.1) is 0 Å². The average molecular weight is 321 g/mol. The van der Waals surface area contributed by atoms with E-state index in [0.717, 1.165) is 18.9 Å². The Balaban J connectivity index is 0.00000128. The third-order valence-electron chi connectivity index (χ3n) is 2.38. The van der Waals surface area contributed by atoms with Crippen molar-refractivity contribution in [2.24, 2.45) is 5.73 Å². The van der Waals surface area contributed by atoms with E-state index in [1.54, 1.807) is 0 Å². The van der Waals surface area contributed by atoms with E-state index in [0.29, 0.717) is 11.1 Å². The zero-order valence-electron chi connectivity index (χ0n) is 8.09. The van der Waals surface area contributed by atoms with Gasteiger partial charge in [0.25, 0.3) is 0 Å². The minimum atomic E-state index is -4.40. The van der Waals surface area contributed by atoms with Gasteiger partial charge >= 0.3 is 6.18 Å². The highest BCUT2D eigenvalue weighted by Crippen LogP contribution is 2.36. The monoisotopic (exact) mass is 319 g/mol. The molecule has 0 bridgehead atoms. The normalized spacial score (nSPS) is 18.1. The predicted molar refractivity (Wildman–Crippen MR) is 58.3 cm³/mol. The first kappa shape index (κ1) is 13.8. The van der Waals surface area contributed by atoms with Crippen LogP contribution in [0.2, 0.25) is 0 Å². The molecule has 1 saturated carbocycles. The van der Waals surface area contributed by atoms with Crippen LogP contribution in [0.15, 0.2) is 10.7 Å². The Bertz CT molecular complexity index is 386. The molecular formula is C8H10BrClF3N3. The number of nitrogens with zero attached hydrogens (tertiary/aromatic N) is 2. The molecule has 2 rings (SSSR count). The minimum absolute atomic E-state index is 0. The van der Waals surface area contributed by atoms with Gasteiger partial charge in [-0.05, 0) is 28.8 Å². The molecule has 0 atom stereocenters. The Hall–Kier alpha value is -0.270. The lowest BCUT2D eigenvalue weighted by molar-refractivity contribution is -0.141. The summed E-state index contributed by atoms with van der Waals surface area (Å²) in [7, 11) is 0. The van der Waals surface area contributed by atoms with Crippen molar-refractivity contribution < 1.29 is 13.2 Å². The molecule has 2 N–H and O–H groups in total. The highest BCUT2D eigenvalue weighted by molar-refractivity contribution is 9.10. The molecule has 1 aromatic rings. The summed E-state index contributed by atoms with van der Waals surface area (Å²) in [6.07, 6.45) is -2.74. The van der Waals surface area contributed by atoms with E-state index in [1.165, 1.54) is 4.68 Å². The molecule has 1 aliphatic rings. The van der Waals surface area contributed by atoms with Crippen molar-refractivity contribution in [3.63, 3.8) is 0 Å². The maximum absolute atomic E-state index is 12.3. The fraction of sp³-hybridized carbons (Fsp3) is 0.625. The van der Waals surface area contributed by atoms with E-state index < -0.39 is 11.9 Å². The van der Waals surface area contributed by atoms with E-state index in [9.17, 15) is 13.2 Å². The molecule has 1 fully saturated rings. The maximum Gasteiger partial charge on any atom is 0.435 e. The molecule has 3 nitrogen and oxygen atoms in total. The molecule has 0 spiro atoms. The molecule has 1 aromatic heterocycles. The molecule has 0 saturated heterocycles. The molecule has 0 unspecified atom stereocenters. The molecule has 0 radical (unpaired) electrons. The molecule has 0 aliphatic heterocycles. The van der Waals surface area contributed by atoms with Crippen LogP contribution in [0.4, 0.5) is 13.2 Å². The van der Waals surface area contributed by atoms with Gasteiger partial charge in [-0.15, -0.1) is 12.4 Å². The molecule has 1 aliphatic carbocycles. The molecule has 8 heteroatoms. The Morgan fingerprint density at radius 1 is 1.50 bits per heavy atom. The Morgan fingerprint density at radius 2 is 2.06 bits per heavy atom. The first-order valence-electron chi connectivity index (χ1n) is 4.40. The lowest BCUT2D eigenvalue weighted by Crippen LogP contribution is -2.29. The molecule has 0 aromatic carbocycles. The average Bonchev–Trinajstić information content (AvgIpc) is 2.67. The minimum Gasteiger partial charge on any atom is -0.324 e. The summed E-state index contributed by atoms with van der Waals surface area (Å²) in [6, 6.07) is 0.964. The van der Waals surface area contributed by atoms with E-state index in [4.69, 9.17) is 5.73 Å². The standard InChI is InChI=1S/C8H9BrF3N3.ClH/c9-6-3-5(8(10,11)12)14-15(6)4-7(13)1-2-7;/h3H,1-2,4,13H2;1H. The number of nitrogens with two attached hydrogens (primary N) is 1. The first-order chi connectivity index (χ1) is 6.80. The molecule has 0 amide bonds. The second-order valence-electron chi connectivity index (χ2n) is 3.87. The van der Waals surface area contributed by atoms with Gasteiger partial charge in [0.15, 0.2) is 5.69 Å². The Morgan fingerprint density at radius 3 is 2.44 bits per heavy atom. The highest BCUT2D eigenvalue weighted by Gasteiger charge is 2.40. The van der Waals surface area contributed by atoms with Crippen molar-refractivity contribution in [2.45, 2.75) is 31.1 Å². The van der Waals surface area contributed by atoms with Crippen LogP contribution in [0.3, 0.4) is 0 Å². The number of hydrogen-bond acceptors (Lipinski definition) is 2. The number of halogens is 5. The highest BCUT2D eigenvalue weighted by atomic mass is 79.9. The molecule has 92 valence electrons. The largest absolute Gasteiger partial charge is 0.435 e. The smallest absolute Gasteiger partial charge is 0.324 e. The van der Waals surface area contributed by atoms with Crippen molar-refractivity contribution in [1.82, 2.24) is 9.78 Å². The third-order valence-corrected chi connectivity index (χ3v) is 3.02. The van der Waals surface area contributed by atoms with Gasteiger partial charge in [0.05, 0.1) is 6.54 Å². The Kier molecular flexibility index (Phi) is 3.62. The van der Waals surface area contributed by atoms with Crippen molar-refractivity contribution in [3.8, 4) is 0 Å². The summed E-state index contributed by atoms with van der Waals surface area (Å²) in [6.45, 7) is 0.323. The summed E-state index contributed by atoms with van der Waals surface area (Å²) < 4.78 is 38.5. The van der Waals surface area contributed by atoms with Crippen molar-refractivity contribution >= 4 is 28.3 Å². The molecular weight excluding hydrogens is 310 g/mol. The lowest BCUT2D eigenvalue weighted by atomic mass is 10.3. The van der Waals surface area contributed by atoms with Gasteiger partial charge in [0.2, 0.25) is 0 Å². The fourth-order valence-electron chi connectivity index (χ4n) is 1.26. The summed E-state index contributed by atoms with van der Waals surface area (Å²) >= 11 is 3.03. The topological polar surface area (TPSA) is 43.8 Å². The zero-order valence-corrected chi connectivity index (χ0v) is 10.5. The van der Waals surface area contributed by atoms with Crippen molar-refractivity contribution in [2.75, 3.05) is 0 Å². The summed E-state index contributed by atoms with van der Waals surface area (Å²) in [5.41, 5.74) is 4.55. The molecule has 1 heterocycles. The van der Waals surface area contributed by atoms with Gasteiger partial charge in [-0.2, -0.15) is 18.3 Å². The van der Waals surface area contributed by atoms with Gasteiger partial charge in [-0.25, -0.2) is 0 Å². The maximum atomic E-state index is 12.3. The van der Waals surface area contributed by atoms with Gasteiger partial charge in [-0.1, -0.05) is 0 Å². The Labute approximate surface area is 105 Å². The summed E-state index contributed by atoms with van der Waals surface area (Å²) in [5, 5.41) is 3.47. The quantitative estimate of drug-likeness (QED) is 0.910. The second-order valence-corrected chi connectivity index (χ2v) is 4.68. The van der Waals surface area contributed by atoms with Crippen LogP contribution in [0.1, 0.15) is 18.5 Å². The first-order valence-corrected chi connectivity index (χ1v) is 5.19. The SMILES string of the molecule is Cl.NC1(Cn2nc(C(F)(F)F)cc2Br)CC1.